The molecule has 1 N–H and O–H groups in total. The minimum atomic E-state index is 0.203. The summed E-state index contributed by atoms with van der Waals surface area (Å²) in [5.74, 6) is 1.51. The first-order chi connectivity index (χ1) is 9.81. The van der Waals surface area contributed by atoms with Crippen LogP contribution >= 0.6 is 0 Å². The maximum absolute atomic E-state index is 5.71. The average molecular weight is 272 g/mol. The van der Waals surface area contributed by atoms with E-state index in [0.717, 1.165) is 11.3 Å². The molecule has 0 aliphatic rings. The molecule has 0 aliphatic carbocycles. The number of pyridine rings is 1. The lowest BCUT2D eigenvalue weighted by atomic mass is 10.1. The van der Waals surface area contributed by atoms with Gasteiger partial charge in [0, 0.05) is 17.8 Å². The van der Waals surface area contributed by atoms with Crippen LogP contribution in [0.2, 0.25) is 0 Å². The van der Waals surface area contributed by atoms with Crippen molar-refractivity contribution in [3.8, 4) is 11.6 Å². The molecule has 20 heavy (non-hydrogen) atoms. The predicted octanol–water partition coefficient (Wildman–Crippen LogP) is 2.82. The van der Waals surface area contributed by atoms with Crippen molar-refractivity contribution in [1.82, 2.24) is 10.3 Å². The molecule has 2 rings (SSSR count). The predicted molar refractivity (Wildman–Crippen MR) is 79.1 cm³/mol. The molecule has 0 radical (unpaired) electrons. The lowest BCUT2D eigenvalue weighted by molar-refractivity contribution is 0.209. The number of nitrogens with one attached hydrogen (secondary N) is 1. The van der Waals surface area contributed by atoms with Crippen molar-refractivity contribution in [2.75, 3.05) is 20.3 Å². The highest BCUT2D eigenvalue weighted by Crippen LogP contribution is 2.21. The Morgan fingerprint density at radius 1 is 1.05 bits per heavy atom. The Labute approximate surface area is 119 Å². The van der Waals surface area contributed by atoms with Gasteiger partial charge in [0.2, 0.25) is 5.88 Å². The number of para-hydroxylation sites is 1. The van der Waals surface area contributed by atoms with E-state index in [1.807, 2.05) is 49.5 Å². The molecule has 0 bridgehead atoms. The molecule has 106 valence electrons. The average Bonchev–Trinajstić information content (AvgIpc) is 2.52. The second-order valence-electron chi connectivity index (χ2n) is 4.42. The van der Waals surface area contributed by atoms with E-state index in [1.54, 1.807) is 6.20 Å². The van der Waals surface area contributed by atoms with E-state index < -0.39 is 0 Å². The van der Waals surface area contributed by atoms with Gasteiger partial charge in [-0.05, 0) is 32.2 Å². The number of rotatable bonds is 7. The lowest BCUT2D eigenvalue weighted by Crippen LogP contribution is -2.16. The molecule has 0 fully saturated rings. The van der Waals surface area contributed by atoms with E-state index in [1.165, 1.54) is 0 Å². The van der Waals surface area contributed by atoms with Crippen LogP contribution in [0.5, 0.6) is 11.6 Å². The minimum absolute atomic E-state index is 0.203. The highest BCUT2D eigenvalue weighted by molar-refractivity contribution is 5.28. The van der Waals surface area contributed by atoms with E-state index in [-0.39, 0.29) is 6.04 Å². The van der Waals surface area contributed by atoms with Crippen molar-refractivity contribution in [1.29, 1.82) is 0 Å². The number of hydrogen-bond donors (Lipinski definition) is 1. The SMILES string of the molecule is CNC(C)c1cccnc1OCCOc1ccccc1. The third kappa shape index (κ3) is 3.96. The zero-order valence-electron chi connectivity index (χ0n) is 11.9. The van der Waals surface area contributed by atoms with Gasteiger partial charge in [-0.1, -0.05) is 24.3 Å². The van der Waals surface area contributed by atoms with Crippen molar-refractivity contribution >= 4 is 0 Å². The van der Waals surface area contributed by atoms with Gasteiger partial charge in [-0.3, -0.25) is 0 Å². The lowest BCUT2D eigenvalue weighted by Gasteiger charge is -2.15. The number of hydrogen-bond acceptors (Lipinski definition) is 4. The molecular weight excluding hydrogens is 252 g/mol. The Morgan fingerprint density at radius 3 is 2.55 bits per heavy atom. The maximum Gasteiger partial charge on any atom is 0.218 e. The van der Waals surface area contributed by atoms with Crippen LogP contribution in [0.15, 0.2) is 48.7 Å². The minimum Gasteiger partial charge on any atom is -0.490 e. The second kappa shape index (κ2) is 7.50. The second-order valence-corrected chi connectivity index (χ2v) is 4.42. The Hall–Kier alpha value is -2.07. The summed E-state index contributed by atoms with van der Waals surface area (Å²) < 4.78 is 11.3. The smallest absolute Gasteiger partial charge is 0.218 e. The van der Waals surface area contributed by atoms with Crippen LogP contribution in [-0.2, 0) is 0 Å². The van der Waals surface area contributed by atoms with Crippen LogP contribution in [0.4, 0.5) is 0 Å². The van der Waals surface area contributed by atoms with E-state index in [9.17, 15) is 0 Å². The first-order valence-corrected chi connectivity index (χ1v) is 6.74. The summed E-state index contributed by atoms with van der Waals surface area (Å²) in [5.41, 5.74) is 1.05. The van der Waals surface area contributed by atoms with Crippen molar-refractivity contribution in [2.24, 2.45) is 0 Å². The number of nitrogens with zero attached hydrogens (tertiary/aromatic N) is 1. The Kier molecular flexibility index (Phi) is 5.38. The highest BCUT2D eigenvalue weighted by atomic mass is 16.5. The molecule has 0 spiro atoms. The van der Waals surface area contributed by atoms with Crippen LogP contribution in [0.3, 0.4) is 0 Å². The summed E-state index contributed by atoms with van der Waals surface area (Å²) in [6.45, 7) is 3.04. The zero-order chi connectivity index (χ0) is 14.2. The number of benzene rings is 1. The zero-order valence-corrected chi connectivity index (χ0v) is 11.9. The standard InChI is InChI=1S/C16H20N2O2/c1-13(17-2)15-9-6-10-18-16(15)20-12-11-19-14-7-4-3-5-8-14/h3-10,13,17H,11-12H2,1-2H3. The van der Waals surface area contributed by atoms with Gasteiger partial charge in [0.25, 0.3) is 0 Å². The van der Waals surface area contributed by atoms with Crippen molar-refractivity contribution in [3.63, 3.8) is 0 Å². The summed E-state index contributed by atoms with van der Waals surface area (Å²) in [5, 5.41) is 3.19. The molecule has 0 saturated heterocycles. The fourth-order valence-corrected chi connectivity index (χ4v) is 1.82. The molecule has 1 aromatic heterocycles. The molecule has 1 aromatic carbocycles. The summed E-state index contributed by atoms with van der Waals surface area (Å²) in [6, 6.07) is 13.8. The molecule has 0 amide bonds. The van der Waals surface area contributed by atoms with Crippen LogP contribution < -0.4 is 14.8 Å². The third-order valence-corrected chi connectivity index (χ3v) is 3.03. The first-order valence-electron chi connectivity index (χ1n) is 6.74. The molecule has 2 aromatic rings. The first kappa shape index (κ1) is 14.3. The largest absolute Gasteiger partial charge is 0.490 e. The Bertz CT molecular complexity index is 517. The van der Waals surface area contributed by atoms with Gasteiger partial charge >= 0.3 is 0 Å². The van der Waals surface area contributed by atoms with Crippen molar-refractivity contribution < 1.29 is 9.47 Å². The molecule has 4 nitrogen and oxygen atoms in total. The van der Waals surface area contributed by atoms with E-state index in [4.69, 9.17) is 9.47 Å². The summed E-state index contributed by atoms with van der Waals surface area (Å²) in [7, 11) is 1.92. The van der Waals surface area contributed by atoms with E-state index in [0.29, 0.717) is 19.1 Å². The van der Waals surface area contributed by atoms with E-state index >= 15 is 0 Å². The monoisotopic (exact) mass is 272 g/mol. The number of aromatic nitrogens is 1. The van der Waals surface area contributed by atoms with Crippen LogP contribution in [-0.4, -0.2) is 25.2 Å². The molecule has 1 unspecified atom stereocenters. The summed E-state index contributed by atoms with van der Waals surface area (Å²) in [4.78, 5) is 4.27. The van der Waals surface area contributed by atoms with Gasteiger partial charge in [-0.2, -0.15) is 0 Å². The molecule has 1 heterocycles. The van der Waals surface area contributed by atoms with Crippen LogP contribution in [0.25, 0.3) is 0 Å². The summed E-state index contributed by atoms with van der Waals surface area (Å²) >= 11 is 0. The van der Waals surface area contributed by atoms with Crippen molar-refractivity contribution in [3.05, 3.63) is 54.2 Å². The fraction of sp³-hybridized carbons (Fsp3) is 0.312. The molecule has 0 aliphatic heterocycles. The molecule has 1 atom stereocenters. The Balaban J connectivity index is 1.85. The van der Waals surface area contributed by atoms with Crippen molar-refractivity contribution in [2.45, 2.75) is 13.0 Å². The van der Waals surface area contributed by atoms with E-state index in [2.05, 4.69) is 17.2 Å². The summed E-state index contributed by atoms with van der Waals surface area (Å²) in [6.07, 6.45) is 1.74. The molecule has 0 saturated carbocycles. The van der Waals surface area contributed by atoms with Gasteiger partial charge < -0.3 is 14.8 Å². The van der Waals surface area contributed by atoms with Gasteiger partial charge in [0.1, 0.15) is 19.0 Å². The Morgan fingerprint density at radius 2 is 1.80 bits per heavy atom. The van der Waals surface area contributed by atoms with Gasteiger partial charge in [-0.25, -0.2) is 4.98 Å². The molecule has 4 heteroatoms. The topological polar surface area (TPSA) is 43.4 Å². The van der Waals surface area contributed by atoms with Gasteiger partial charge in [0.15, 0.2) is 0 Å². The maximum atomic E-state index is 5.71. The van der Waals surface area contributed by atoms with Crippen LogP contribution in [0.1, 0.15) is 18.5 Å². The normalized spacial score (nSPS) is 11.9. The van der Waals surface area contributed by atoms with Crippen LogP contribution in [0, 0.1) is 0 Å². The van der Waals surface area contributed by atoms with Gasteiger partial charge in [0.05, 0.1) is 0 Å². The fourth-order valence-electron chi connectivity index (χ4n) is 1.82. The van der Waals surface area contributed by atoms with Gasteiger partial charge in [-0.15, -0.1) is 0 Å². The molecular formula is C16H20N2O2. The quantitative estimate of drug-likeness (QED) is 0.787. The highest BCUT2D eigenvalue weighted by Gasteiger charge is 2.10. The number of ether oxygens (including phenoxy) is 2. The third-order valence-electron chi connectivity index (χ3n) is 3.03.